The number of carbonyl (C=O) groups excluding carboxylic acids is 1. The lowest BCUT2D eigenvalue weighted by Crippen LogP contribution is -2.16. The van der Waals surface area contributed by atoms with Gasteiger partial charge in [-0.1, -0.05) is 39.8 Å². The fraction of sp³-hybridized carbons (Fsp3) is 0.429. The molecule has 17 heavy (non-hydrogen) atoms. The van der Waals surface area contributed by atoms with Gasteiger partial charge < -0.3 is 5.11 Å². The quantitative estimate of drug-likeness (QED) is 0.643. The van der Waals surface area contributed by atoms with E-state index in [1.807, 2.05) is 39.8 Å². The number of Topliss-reactive ketones (excluding diaryl/α,β-unsaturated/α-hetero) is 1. The van der Waals surface area contributed by atoms with Gasteiger partial charge in [-0.25, -0.2) is 4.79 Å². The lowest BCUT2D eigenvalue weighted by molar-refractivity contribution is -0.131. The largest absolute Gasteiger partial charge is 0.475 e. The second-order valence-corrected chi connectivity index (χ2v) is 4.79. The number of carbonyl (C=O) groups is 2. The molecule has 3 nitrogen and oxygen atoms in total. The maximum Gasteiger partial charge on any atom is 0.377 e. The van der Waals surface area contributed by atoms with E-state index in [4.69, 9.17) is 5.11 Å². The Balaban J connectivity index is 3.35. The molecule has 1 rings (SSSR count). The normalized spacial score (nSPS) is 10.9. The fourth-order valence-corrected chi connectivity index (χ4v) is 1.75. The van der Waals surface area contributed by atoms with Crippen molar-refractivity contribution in [2.75, 3.05) is 0 Å². The number of benzene rings is 1. The second-order valence-electron chi connectivity index (χ2n) is 4.79. The molecule has 0 fully saturated rings. The Morgan fingerprint density at radius 3 is 2.06 bits per heavy atom. The van der Waals surface area contributed by atoms with Crippen LogP contribution in [-0.4, -0.2) is 16.9 Å². The van der Waals surface area contributed by atoms with Crippen LogP contribution in [-0.2, 0) is 4.79 Å². The van der Waals surface area contributed by atoms with Gasteiger partial charge in [0.05, 0.1) is 0 Å². The summed E-state index contributed by atoms with van der Waals surface area (Å²) < 4.78 is 0. The van der Waals surface area contributed by atoms with Crippen molar-refractivity contribution in [3.05, 3.63) is 34.9 Å². The lowest BCUT2D eigenvalue weighted by Gasteiger charge is -2.14. The van der Waals surface area contributed by atoms with Crippen molar-refractivity contribution >= 4 is 11.8 Å². The van der Waals surface area contributed by atoms with Crippen LogP contribution in [0.1, 0.15) is 61.0 Å². The Labute approximate surface area is 101 Å². The van der Waals surface area contributed by atoms with Crippen LogP contribution >= 0.6 is 0 Å². The van der Waals surface area contributed by atoms with Gasteiger partial charge in [-0.2, -0.15) is 0 Å². The van der Waals surface area contributed by atoms with Gasteiger partial charge in [0.25, 0.3) is 5.78 Å². The summed E-state index contributed by atoms with van der Waals surface area (Å²) in [4.78, 5) is 22.5. The van der Waals surface area contributed by atoms with E-state index >= 15 is 0 Å². The highest BCUT2D eigenvalue weighted by molar-refractivity contribution is 6.40. The number of hydrogen-bond acceptors (Lipinski definition) is 2. The highest BCUT2D eigenvalue weighted by atomic mass is 16.4. The summed E-state index contributed by atoms with van der Waals surface area (Å²) in [7, 11) is 0. The number of carboxylic acids is 1. The Bertz CT molecular complexity index is 445. The lowest BCUT2D eigenvalue weighted by atomic mass is 9.90. The molecule has 0 radical (unpaired) electrons. The predicted molar refractivity (Wildman–Crippen MR) is 66.6 cm³/mol. The van der Waals surface area contributed by atoms with Gasteiger partial charge >= 0.3 is 5.97 Å². The van der Waals surface area contributed by atoms with Crippen LogP contribution in [0, 0.1) is 0 Å². The van der Waals surface area contributed by atoms with Crippen LogP contribution in [0.2, 0.25) is 0 Å². The smallest absolute Gasteiger partial charge is 0.377 e. The molecule has 92 valence electrons. The minimum Gasteiger partial charge on any atom is -0.475 e. The molecule has 1 aromatic carbocycles. The Kier molecular flexibility index (Phi) is 4.05. The molecule has 0 saturated heterocycles. The van der Waals surface area contributed by atoms with Gasteiger partial charge in [-0.3, -0.25) is 4.79 Å². The molecule has 1 N–H and O–H groups in total. The topological polar surface area (TPSA) is 54.4 Å². The third kappa shape index (κ3) is 2.93. The highest BCUT2D eigenvalue weighted by Gasteiger charge is 2.20. The highest BCUT2D eigenvalue weighted by Crippen LogP contribution is 2.24. The number of ketones is 1. The molecule has 0 aliphatic carbocycles. The van der Waals surface area contributed by atoms with Gasteiger partial charge in [-0.05, 0) is 29.0 Å². The van der Waals surface area contributed by atoms with Gasteiger partial charge in [0.2, 0.25) is 0 Å². The minimum atomic E-state index is -1.40. The SMILES string of the molecule is CC(C)c1ccc(C(C)C)c(C(=O)C(=O)O)c1. The summed E-state index contributed by atoms with van der Waals surface area (Å²) in [6.45, 7) is 7.92. The first-order valence-electron chi connectivity index (χ1n) is 5.76. The van der Waals surface area contributed by atoms with Crippen LogP contribution in [0.15, 0.2) is 18.2 Å². The van der Waals surface area contributed by atoms with Gasteiger partial charge in [0.1, 0.15) is 0 Å². The molecular formula is C14H18O3. The Hall–Kier alpha value is -1.64. The average Bonchev–Trinajstić information content (AvgIpc) is 2.26. The van der Waals surface area contributed by atoms with Crippen LogP contribution in [0.3, 0.4) is 0 Å². The summed E-state index contributed by atoms with van der Waals surface area (Å²) in [5.41, 5.74) is 2.10. The van der Waals surface area contributed by atoms with Gasteiger partial charge in [0, 0.05) is 5.56 Å². The Morgan fingerprint density at radius 1 is 1.06 bits per heavy atom. The summed E-state index contributed by atoms with van der Waals surface area (Å²) in [6, 6.07) is 5.52. The first-order chi connectivity index (χ1) is 7.84. The van der Waals surface area contributed by atoms with Crippen molar-refractivity contribution in [2.24, 2.45) is 0 Å². The molecule has 1 aromatic rings. The van der Waals surface area contributed by atoms with Crippen molar-refractivity contribution in [3.8, 4) is 0 Å². The number of aliphatic carboxylic acids is 1. The maximum absolute atomic E-state index is 11.6. The van der Waals surface area contributed by atoms with E-state index in [1.165, 1.54) is 0 Å². The van der Waals surface area contributed by atoms with E-state index in [0.717, 1.165) is 11.1 Å². The number of carboxylic acid groups (broad SMARTS) is 1. The number of rotatable bonds is 4. The molecule has 0 unspecified atom stereocenters. The van der Waals surface area contributed by atoms with Gasteiger partial charge in [0.15, 0.2) is 0 Å². The van der Waals surface area contributed by atoms with Crippen molar-refractivity contribution in [3.63, 3.8) is 0 Å². The van der Waals surface area contributed by atoms with E-state index in [1.54, 1.807) is 6.07 Å². The zero-order chi connectivity index (χ0) is 13.2. The monoisotopic (exact) mass is 234 g/mol. The molecule has 0 aliphatic rings. The maximum atomic E-state index is 11.6. The molecule has 3 heteroatoms. The van der Waals surface area contributed by atoms with E-state index in [9.17, 15) is 9.59 Å². The molecule has 0 heterocycles. The first kappa shape index (κ1) is 13.4. The Morgan fingerprint density at radius 2 is 1.65 bits per heavy atom. The third-order valence-corrected chi connectivity index (χ3v) is 2.80. The van der Waals surface area contributed by atoms with Gasteiger partial charge in [-0.15, -0.1) is 0 Å². The minimum absolute atomic E-state index is 0.134. The molecular weight excluding hydrogens is 216 g/mol. The molecule has 0 amide bonds. The van der Waals surface area contributed by atoms with Crippen LogP contribution in [0.5, 0.6) is 0 Å². The van der Waals surface area contributed by atoms with E-state index < -0.39 is 11.8 Å². The number of hydrogen-bond donors (Lipinski definition) is 1. The summed E-state index contributed by atoms with van der Waals surface area (Å²) in [5, 5.41) is 8.82. The van der Waals surface area contributed by atoms with E-state index in [0.29, 0.717) is 5.56 Å². The summed E-state index contributed by atoms with van der Waals surface area (Å²) in [5.74, 6) is -1.81. The third-order valence-electron chi connectivity index (χ3n) is 2.80. The standard InChI is InChI=1S/C14H18O3/c1-8(2)10-5-6-11(9(3)4)12(7-10)13(15)14(16)17/h5-9H,1-4H3,(H,16,17). The van der Waals surface area contributed by atoms with Crippen LogP contribution < -0.4 is 0 Å². The second kappa shape index (κ2) is 5.13. The summed E-state index contributed by atoms with van der Waals surface area (Å²) in [6.07, 6.45) is 0. The zero-order valence-electron chi connectivity index (χ0n) is 10.7. The molecule has 0 spiro atoms. The summed E-state index contributed by atoms with van der Waals surface area (Å²) >= 11 is 0. The average molecular weight is 234 g/mol. The van der Waals surface area contributed by atoms with Crippen LogP contribution in [0.25, 0.3) is 0 Å². The molecule has 0 aromatic heterocycles. The molecule has 0 saturated carbocycles. The van der Waals surface area contributed by atoms with Crippen molar-refractivity contribution < 1.29 is 14.7 Å². The van der Waals surface area contributed by atoms with E-state index in [2.05, 4.69) is 0 Å². The van der Waals surface area contributed by atoms with E-state index in [-0.39, 0.29) is 11.8 Å². The predicted octanol–water partition coefficient (Wildman–Crippen LogP) is 3.20. The first-order valence-corrected chi connectivity index (χ1v) is 5.76. The van der Waals surface area contributed by atoms with Crippen LogP contribution in [0.4, 0.5) is 0 Å². The molecule has 0 aliphatic heterocycles. The zero-order valence-corrected chi connectivity index (χ0v) is 10.7. The fourth-order valence-electron chi connectivity index (χ4n) is 1.75. The van der Waals surface area contributed by atoms with Crippen molar-refractivity contribution in [1.29, 1.82) is 0 Å². The molecule has 0 bridgehead atoms. The van der Waals surface area contributed by atoms with Crippen molar-refractivity contribution in [1.82, 2.24) is 0 Å². The molecule has 0 atom stereocenters. The van der Waals surface area contributed by atoms with Crippen molar-refractivity contribution in [2.45, 2.75) is 39.5 Å².